The van der Waals surface area contributed by atoms with Crippen molar-refractivity contribution in [1.29, 1.82) is 0 Å². The summed E-state index contributed by atoms with van der Waals surface area (Å²) >= 11 is 0. The zero-order valence-electron chi connectivity index (χ0n) is 17.0. The molecule has 0 saturated heterocycles. The van der Waals surface area contributed by atoms with E-state index in [4.69, 9.17) is 9.47 Å². The van der Waals surface area contributed by atoms with Gasteiger partial charge >= 0.3 is 0 Å². The molecule has 5 rings (SSSR count). The molecular weight excluding hydrogens is 378 g/mol. The zero-order valence-corrected chi connectivity index (χ0v) is 17.0. The van der Waals surface area contributed by atoms with Crippen molar-refractivity contribution in [2.24, 2.45) is 0 Å². The summed E-state index contributed by atoms with van der Waals surface area (Å²) < 4.78 is 13.1. The second-order valence-corrected chi connectivity index (χ2v) is 7.38. The fourth-order valence-electron chi connectivity index (χ4n) is 4.40. The number of hydrogen-bond donors (Lipinski definition) is 1. The number of fused-ring (bicyclic) bond motifs is 1. The lowest BCUT2D eigenvalue weighted by atomic mass is 9.83. The Morgan fingerprint density at radius 2 is 1.77 bits per heavy atom. The first-order valence-corrected chi connectivity index (χ1v) is 10.0. The lowest BCUT2D eigenvalue weighted by Crippen LogP contribution is -2.28. The molecule has 1 N–H and O–H groups in total. The molecule has 3 aromatic rings. The van der Waals surface area contributed by atoms with Crippen molar-refractivity contribution in [2.45, 2.75) is 25.3 Å². The third kappa shape index (κ3) is 3.03. The maximum Gasteiger partial charge on any atom is 0.248 e. The number of methoxy groups -OCH3 is 2. The first-order chi connectivity index (χ1) is 14.8. The fraction of sp³-hybridized carbons (Fsp3) is 0.261. The summed E-state index contributed by atoms with van der Waals surface area (Å²) in [6.45, 7) is 0. The van der Waals surface area contributed by atoms with Gasteiger partial charge in [-0.1, -0.05) is 41.5 Å². The predicted octanol–water partition coefficient (Wildman–Crippen LogP) is 4.23. The summed E-state index contributed by atoms with van der Waals surface area (Å²) in [7, 11) is 3.40. The average molecular weight is 401 g/mol. The van der Waals surface area contributed by atoms with Crippen LogP contribution >= 0.6 is 0 Å². The molecule has 0 spiro atoms. The SMILES string of the molecule is COc1ccccc1C=C1CCCC2=C1Nc1nnnn1C2c1ccccc1OC. The molecule has 2 aliphatic rings. The van der Waals surface area contributed by atoms with E-state index in [0.717, 1.165) is 47.6 Å². The molecule has 7 nitrogen and oxygen atoms in total. The Morgan fingerprint density at radius 1 is 1.00 bits per heavy atom. The van der Waals surface area contributed by atoms with Crippen molar-refractivity contribution >= 4 is 12.0 Å². The number of aromatic nitrogens is 4. The van der Waals surface area contributed by atoms with Gasteiger partial charge in [0, 0.05) is 16.8 Å². The standard InChI is InChI=1S/C23H23N5O2/c1-29-19-12-5-3-8-15(19)14-16-9-7-11-18-21(16)24-23-25-26-27-28(23)22(18)17-10-4-6-13-20(17)30-2/h3-6,8,10,12-14,22H,7,9,11H2,1-2H3,(H,24,25,27). The van der Waals surface area contributed by atoms with Gasteiger partial charge in [-0.2, -0.15) is 4.68 Å². The number of ether oxygens (including phenoxy) is 2. The predicted molar refractivity (Wildman–Crippen MR) is 114 cm³/mol. The van der Waals surface area contributed by atoms with Crippen LogP contribution < -0.4 is 14.8 Å². The number of benzene rings is 2. The molecular formula is C23H23N5O2. The molecule has 0 saturated carbocycles. The monoisotopic (exact) mass is 401 g/mol. The number of para-hydroxylation sites is 2. The smallest absolute Gasteiger partial charge is 0.248 e. The third-order valence-electron chi connectivity index (χ3n) is 5.74. The van der Waals surface area contributed by atoms with E-state index in [1.807, 2.05) is 41.1 Å². The lowest BCUT2D eigenvalue weighted by Gasteiger charge is -2.34. The normalized spacial score (nSPS) is 19.1. The largest absolute Gasteiger partial charge is 0.496 e. The van der Waals surface area contributed by atoms with Gasteiger partial charge in [-0.3, -0.25) is 0 Å². The molecule has 0 radical (unpaired) electrons. The van der Waals surface area contributed by atoms with Crippen molar-refractivity contribution in [3.8, 4) is 11.5 Å². The highest BCUT2D eigenvalue weighted by Crippen LogP contribution is 2.45. The molecule has 1 aliphatic heterocycles. The average Bonchev–Trinajstić information content (AvgIpc) is 3.26. The summed E-state index contributed by atoms with van der Waals surface area (Å²) in [4.78, 5) is 0. The van der Waals surface area contributed by atoms with Crippen LogP contribution in [0.25, 0.3) is 6.08 Å². The molecule has 1 aromatic heterocycles. The van der Waals surface area contributed by atoms with Crippen LogP contribution in [0.5, 0.6) is 11.5 Å². The Kier molecular flexibility index (Phi) is 4.71. The summed E-state index contributed by atoms with van der Waals surface area (Å²) in [6, 6.07) is 16.0. The van der Waals surface area contributed by atoms with Gasteiger partial charge in [0.1, 0.15) is 17.5 Å². The minimum atomic E-state index is -0.108. The maximum absolute atomic E-state index is 5.67. The van der Waals surface area contributed by atoms with E-state index in [1.54, 1.807) is 14.2 Å². The minimum Gasteiger partial charge on any atom is -0.496 e. The Bertz CT molecular complexity index is 1150. The van der Waals surface area contributed by atoms with Crippen LogP contribution in [-0.4, -0.2) is 34.4 Å². The van der Waals surface area contributed by atoms with Crippen molar-refractivity contribution in [3.63, 3.8) is 0 Å². The van der Waals surface area contributed by atoms with E-state index in [0.29, 0.717) is 5.95 Å². The zero-order chi connectivity index (χ0) is 20.5. The molecule has 2 heterocycles. The molecule has 152 valence electrons. The van der Waals surface area contributed by atoms with Crippen molar-refractivity contribution in [2.75, 3.05) is 19.5 Å². The molecule has 2 aromatic carbocycles. The van der Waals surface area contributed by atoms with Gasteiger partial charge in [0.25, 0.3) is 0 Å². The highest BCUT2D eigenvalue weighted by Gasteiger charge is 2.35. The van der Waals surface area contributed by atoms with Crippen LogP contribution in [0.3, 0.4) is 0 Å². The second kappa shape index (κ2) is 7.67. The van der Waals surface area contributed by atoms with Crippen molar-refractivity contribution in [3.05, 3.63) is 76.5 Å². The van der Waals surface area contributed by atoms with E-state index in [1.165, 1.54) is 11.1 Å². The first-order valence-electron chi connectivity index (χ1n) is 10.0. The number of allylic oxidation sites excluding steroid dienone is 2. The maximum atomic E-state index is 5.67. The molecule has 1 atom stereocenters. The van der Waals surface area contributed by atoms with E-state index in [9.17, 15) is 0 Å². The molecule has 30 heavy (non-hydrogen) atoms. The number of hydrogen-bond acceptors (Lipinski definition) is 6. The van der Waals surface area contributed by atoms with Gasteiger partial charge in [0.05, 0.1) is 14.2 Å². The molecule has 0 amide bonds. The van der Waals surface area contributed by atoms with Gasteiger partial charge in [0.15, 0.2) is 0 Å². The highest BCUT2D eigenvalue weighted by atomic mass is 16.5. The van der Waals surface area contributed by atoms with E-state index in [2.05, 4.69) is 39.1 Å². The first kappa shape index (κ1) is 18.4. The number of anilines is 1. The van der Waals surface area contributed by atoms with Crippen LogP contribution in [0.4, 0.5) is 5.95 Å². The Balaban J connectivity index is 1.67. The van der Waals surface area contributed by atoms with E-state index in [-0.39, 0.29) is 6.04 Å². The molecule has 0 bridgehead atoms. The lowest BCUT2D eigenvalue weighted by molar-refractivity contribution is 0.399. The van der Waals surface area contributed by atoms with Crippen LogP contribution in [-0.2, 0) is 0 Å². The van der Waals surface area contributed by atoms with Crippen molar-refractivity contribution < 1.29 is 9.47 Å². The van der Waals surface area contributed by atoms with Gasteiger partial charge in [0.2, 0.25) is 5.95 Å². The second-order valence-electron chi connectivity index (χ2n) is 7.38. The number of rotatable bonds is 4. The summed E-state index contributed by atoms with van der Waals surface area (Å²) in [5.74, 6) is 2.33. The third-order valence-corrected chi connectivity index (χ3v) is 5.74. The Morgan fingerprint density at radius 3 is 2.60 bits per heavy atom. The number of nitrogens with one attached hydrogen (secondary N) is 1. The summed E-state index contributed by atoms with van der Waals surface area (Å²) in [5, 5.41) is 15.9. The van der Waals surface area contributed by atoms with Crippen LogP contribution in [0.2, 0.25) is 0 Å². The molecule has 7 heteroatoms. The molecule has 1 aliphatic carbocycles. The Labute approximate surface area is 175 Å². The van der Waals surface area contributed by atoms with Gasteiger partial charge in [-0.05, 0) is 59.0 Å². The topological polar surface area (TPSA) is 74.1 Å². The number of nitrogens with zero attached hydrogens (tertiary/aromatic N) is 4. The quantitative estimate of drug-likeness (QED) is 0.705. The number of tetrazole rings is 1. The van der Waals surface area contributed by atoms with E-state index >= 15 is 0 Å². The Hall–Kier alpha value is -3.61. The van der Waals surface area contributed by atoms with Crippen LogP contribution in [0.1, 0.15) is 36.4 Å². The fourth-order valence-corrected chi connectivity index (χ4v) is 4.40. The molecule has 1 unspecified atom stereocenters. The summed E-state index contributed by atoms with van der Waals surface area (Å²) in [6.07, 6.45) is 5.21. The minimum absolute atomic E-state index is 0.108. The van der Waals surface area contributed by atoms with Crippen LogP contribution in [0, 0.1) is 0 Å². The van der Waals surface area contributed by atoms with Crippen LogP contribution in [0.15, 0.2) is 65.4 Å². The summed E-state index contributed by atoms with van der Waals surface area (Å²) in [5.41, 5.74) is 5.72. The van der Waals surface area contributed by atoms with Crippen molar-refractivity contribution in [1.82, 2.24) is 20.2 Å². The van der Waals surface area contributed by atoms with Gasteiger partial charge in [-0.25, -0.2) is 0 Å². The van der Waals surface area contributed by atoms with Gasteiger partial charge in [-0.15, -0.1) is 0 Å². The highest BCUT2D eigenvalue weighted by molar-refractivity contribution is 5.68. The van der Waals surface area contributed by atoms with Gasteiger partial charge < -0.3 is 14.8 Å². The molecule has 0 fully saturated rings. The van der Waals surface area contributed by atoms with E-state index < -0.39 is 0 Å².